The number of carbonyl (C=O) groups is 1. The third-order valence-corrected chi connectivity index (χ3v) is 4.50. The first-order valence-corrected chi connectivity index (χ1v) is 8.87. The molecule has 2 N–H and O–H groups in total. The van der Waals surface area contributed by atoms with Crippen molar-refractivity contribution in [3.05, 3.63) is 47.7 Å². The van der Waals surface area contributed by atoms with Gasteiger partial charge >= 0.3 is 12.2 Å². The SMILES string of the molecule is COc1ncccc1CNC(=O)Nc1cc(C(F)(F)F)ccc1N1CCCC1. The number of nitrogens with one attached hydrogen (secondary N) is 2. The van der Waals surface area contributed by atoms with Gasteiger partial charge in [-0.2, -0.15) is 13.2 Å². The molecule has 0 spiro atoms. The molecule has 0 saturated carbocycles. The fourth-order valence-electron chi connectivity index (χ4n) is 3.13. The van der Waals surface area contributed by atoms with Gasteiger partial charge in [-0.3, -0.25) is 0 Å². The normalized spacial score (nSPS) is 14.1. The second-order valence-electron chi connectivity index (χ2n) is 6.40. The van der Waals surface area contributed by atoms with Gasteiger partial charge in [0.15, 0.2) is 0 Å². The number of hydrogen-bond donors (Lipinski definition) is 2. The average Bonchev–Trinajstić information content (AvgIpc) is 3.20. The summed E-state index contributed by atoms with van der Waals surface area (Å²) in [7, 11) is 1.47. The van der Waals surface area contributed by atoms with E-state index in [1.54, 1.807) is 18.3 Å². The van der Waals surface area contributed by atoms with Gasteiger partial charge in [-0.25, -0.2) is 9.78 Å². The maximum atomic E-state index is 13.1. The molecular weight excluding hydrogens is 373 g/mol. The molecule has 3 rings (SSSR count). The van der Waals surface area contributed by atoms with Gasteiger partial charge < -0.3 is 20.3 Å². The molecule has 9 heteroatoms. The lowest BCUT2D eigenvalue weighted by atomic mass is 10.1. The Bertz CT molecular complexity index is 836. The number of alkyl halides is 3. The number of ether oxygens (including phenoxy) is 1. The van der Waals surface area contributed by atoms with Crippen molar-refractivity contribution < 1.29 is 22.7 Å². The van der Waals surface area contributed by atoms with E-state index in [-0.39, 0.29) is 12.2 Å². The summed E-state index contributed by atoms with van der Waals surface area (Å²) in [4.78, 5) is 18.3. The van der Waals surface area contributed by atoms with Crippen LogP contribution in [-0.4, -0.2) is 31.2 Å². The standard InChI is InChI=1S/C19H21F3N4O2/c1-28-17-13(5-4-8-23-17)12-24-18(27)25-15-11-14(19(20,21)22)6-7-16(15)26-9-2-3-10-26/h4-8,11H,2-3,9-10,12H2,1H3,(H2,24,25,27). The van der Waals surface area contributed by atoms with Crippen LogP contribution >= 0.6 is 0 Å². The molecule has 0 bridgehead atoms. The van der Waals surface area contributed by atoms with Gasteiger partial charge in [0.05, 0.1) is 24.0 Å². The Morgan fingerprint density at radius 3 is 2.68 bits per heavy atom. The maximum Gasteiger partial charge on any atom is 0.416 e. The van der Waals surface area contributed by atoms with Crippen molar-refractivity contribution in [1.82, 2.24) is 10.3 Å². The molecule has 1 aliphatic heterocycles. The molecule has 0 unspecified atom stereocenters. The van der Waals surface area contributed by atoms with Crippen molar-refractivity contribution in [3.8, 4) is 5.88 Å². The number of urea groups is 1. The van der Waals surface area contributed by atoms with Crippen molar-refractivity contribution in [2.45, 2.75) is 25.6 Å². The van der Waals surface area contributed by atoms with Crippen LogP contribution < -0.4 is 20.3 Å². The Kier molecular flexibility index (Phi) is 5.91. The Labute approximate surface area is 160 Å². The highest BCUT2D eigenvalue weighted by molar-refractivity contribution is 5.93. The van der Waals surface area contributed by atoms with E-state index < -0.39 is 17.8 Å². The average molecular weight is 394 g/mol. The first-order valence-electron chi connectivity index (χ1n) is 8.87. The zero-order chi connectivity index (χ0) is 20.1. The van der Waals surface area contributed by atoms with Gasteiger partial charge in [0.2, 0.25) is 5.88 Å². The molecule has 6 nitrogen and oxygen atoms in total. The fraction of sp³-hybridized carbons (Fsp3) is 0.368. The Balaban J connectivity index is 1.76. The molecule has 1 fully saturated rings. The summed E-state index contributed by atoms with van der Waals surface area (Å²) in [5, 5.41) is 5.18. The number of anilines is 2. The summed E-state index contributed by atoms with van der Waals surface area (Å²) in [5.74, 6) is 0.375. The zero-order valence-corrected chi connectivity index (χ0v) is 15.3. The molecule has 1 aromatic carbocycles. The number of rotatable bonds is 5. The smallest absolute Gasteiger partial charge is 0.416 e. The third kappa shape index (κ3) is 4.65. The van der Waals surface area contributed by atoms with E-state index in [0.29, 0.717) is 17.1 Å². The van der Waals surface area contributed by atoms with E-state index in [1.165, 1.54) is 13.2 Å². The number of aromatic nitrogens is 1. The minimum Gasteiger partial charge on any atom is -0.481 e. The van der Waals surface area contributed by atoms with Crippen molar-refractivity contribution >= 4 is 17.4 Å². The van der Waals surface area contributed by atoms with Crippen LogP contribution in [0.5, 0.6) is 5.88 Å². The molecule has 0 radical (unpaired) electrons. The van der Waals surface area contributed by atoms with E-state index in [2.05, 4.69) is 15.6 Å². The van der Waals surface area contributed by atoms with Crippen LogP contribution in [0.15, 0.2) is 36.5 Å². The van der Waals surface area contributed by atoms with Crippen molar-refractivity contribution in [3.63, 3.8) is 0 Å². The Morgan fingerprint density at radius 2 is 2.00 bits per heavy atom. The second kappa shape index (κ2) is 8.37. The number of methoxy groups -OCH3 is 1. The summed E-state index contributed by atoms with van der Waals surface area (Å²) < 4.78 is 44.4. The molecule has 1 aliphatic rings. The van der Waals surface area contributed by atoms with Crippen LogP contribution in [0.2, 0.25) is 0 Å². The lowest BCUT2D eigenvalue weighted by molar-refractivity contribution is -0.137. The van der Waals surface area contributed by atoms with E-state index in [0.717, 1.165) is 38.1 Å². The highest BCUT2D eigenvalue weighted by Gasteiger charge is 2.32. The molecule has 2 heterocycles. The van der Waals surface area contributed by atoms with Gasteiger partial charge in [0, 0.05) is 31.4 Å². The van der Waals surface area contributed by atoms with E-state index in [9.17, 15) is 18.0 Å². The molecule has 2 aromatic rings. The summed E-state index contributed by atoms with van der Waals surface area (Å²) >= 11 is 0. The van der Waals surface area contributed by atoms with E-state index >= 15 is 0 Å². The number of hydrogen-bond acceptors (Lipinski definition) is 4. The lowest BCUT2D eigenvalue weighted by Gasteiger charge is -2.23. The first kappa shape index (κ1) is 19.8. The summed E-state index contributed by atoms with van der Waals surface area (Å²) in [6.07, 6.45) is -0.992. The quantitative estimate of drug-likeness (QED) is 0.804. The summed E-state index contributed by atoms with van der Waals surface area (Å²) in [6.45, 7) is 1.62. The number of benzene rings is 1. The largest absolute Gasteiger partial charge is 0.481 e. The minimum absolute atomic E-state index is 0.126. The van der Waals surface area contributed by atoms with Crippen LogP contribution in [0, 0.1) is 0 Å². The zero-order valence-electron chi connectivity index (χ0n) is 15.3. The molecule has 0 aliphatic carbocycles. The molecule has 1 saturated heterocycles. The lowest BCUT2D eigenvalue weighted by Crippen LogP contribution is -2.30. The number of pyridine rings is 1. The minimum atomic E-state index is -4.49. The number of carbonyl (C=O) groups excluding carboxylic acids is 1. The van der Waals surface area contributed by atoms with Crippen LogP contribution in [0.25, 0.3) is 0 Å². The number of nitrogens with zero attached hydrogens (tertiary/aromatic N) is 2. The van der Waals surface area contributed by atoms with Crippen LogP contribution in [0.1, 0.15) is 24.0 Å². The van der Waals surface area contributed by atoms with Crippen LogP contribution in [0.3, 0.4) is 0 Å². The molecule has 1 aromatic heterocycles. The second-order valence-corrected chi connectivity index (χ2v) is 6.40. The molecule has 150 valence electrons. The highest BCUT2D eigenvalue weighted by Crippen LogP contribution is 2.36. The van der Waals surface area contributed by atoms with Crippen molar-refractivity contribution in [2.75, 3.05) is 30.4 Å². The number of amides is 2. The Morgan fingerprint density at radius 1 is 1.25 bits per heavy atom. The molecule has 0 atom stereocenters. The third-order valence-electron chi connectivity index (χ3n) is 4.50. The van der Waals surface area contributed by atoms with E-state index in [4.69, 9.17) is 4.74 Å². The first-order chi connectivity index (χ1) is 13.4. The summed E-state index contributed by atoms with van der Waals surface area (Å²) in [5.41, 5.74) is 0.565. The van der Waals surface area contributed by atoms with Gasteiger partial charge in [0.1, 0.15) is 0 Å². The highest BCUT2D eigenvalue weighted by atomic mass is 19.4. The molecular formula is C19H21F3N4O2. The van der Waals surface area contributed by atoms with Gasteiger partial charge in [-0.05, 0) is 37.1 Å². The summed E-state index contributed by atoms with van der Waals surface area (Å²) in [6, 6.07) is 6.26. The van der Waals surface area contributed by atoms with Crippen LogP contribution in [-0.2, 0) is 12.7 Å². The van der Waals surface area contributed by atoms with Crippen molar-refractivity contribution in [1.29, 1.82) is 0 Å². The fourth-order valence-corrected chi connectivity index (χ4v) is 3.13. The molecule has 2 amide bonds. The van der Waals surface area contributed by atoms with Gasteiger partial charge in [0.25, 0.3) is 0 Å². The van der Waals surface area contributed by atoms with Gasteiger partial charge in [-0.15, -0.1) is 0 Å². The Hall–Kier alpha value is -2.97. The monoisotopic (exact) mass is 394 g/mol. The maximum absolute atomic E-state index is 13.1. The van der Waals surface area contributed by atoms with Gasteiger partial charge in [-0.1, -0.05) is 6.07 Å². The predicted octanol–water partition coefficient (Wildman–Crippen LogP) is 4.03. The molecule has 28 heavy (non-hydrogen) atoms. The number of halogens is 3. The van der Waals surface area contributed by atoms with Crippen LogP contribution in [0.4, 0.5) is 29.3 Å². The topological polar surface area (TPSA) is 66.5 Å². The predicted molar refractivity (Wildman–Crippen MR) is 99.5 cm³/mol. The van der Waals surface area contributed by atoms with E-state index in [1.807, 2.05) is 4.90 Å². The van der Waals surface area contributed by atoms with Crippen molar-refractivity contribution in [2.24, 2.45) is 0 Å².